The van der Waals surface area contributed by atoms with E-state index in [4.69, 9.17) is 4.42 Å². The first-order valence-electron chi connectivity index (χ1n) is 11.0. The summed E-state index contributed by atoms with van der Waals surface area (Å²) in [5.74, 6) is -1.11. The fraction of sp³-hybridized carbons (Fsp3) is 0.500. The van der Waals surface area contributed by atoms with E-state index in [9.17, 15) is 34.8 Å². The summed E-state index contributed by atoms with van der Waals surface area (Å²) in [6.45, 7) is 1.60. The molecule has 4 rings (SSSR count). The first kappa shape index (κ1) is 26.4. The Kier molecular flexibility index (Phi) is 7.07. The van der Waals surface area contributed by atoms with Gasteiger partial charge in [0.1, 0.15) is 6.26 Å². The number of aryl methyl sites for hydroxylation is 1. The average molecular weight is 552 g/mol. The summed E-state index contributed by atoms with van der Waals surface area (Å²) in [5.41, 5.74) is -0.819. The van der Waals surface area contributed by atoms with Crippen molar-refractivity contribution in [2.75, 3.05) is 31.5 Å². The van der Waals surface area contributed by atoms with Crippen molar-refractivity contribution in [3.63, 3.8) is 0 Å². The molecule has 2 aliphatic rings. The van der Waals surface area contributed by atoms with E-state index < -0.39 is 48.8 Å². The molecule has 2 N–H and O–H groups in total. The molecule has 0 atom stereocenters. The van der Waals surface area contributed by atoms with Crippen LogP contribution in [0.15, 0.2) is 28.9 Å². The number of aromatic nitrogens is 1. The minimum Gasteiger partial charge on any atom is -0.431 e. The van der Waals surface area contributed by atoms with Crippen LogP contribution in [0.5, 0.6) is 0 Å². The van der Waals surface area contributed by atoms with E-state index in [-0.39, 0.29) is 44.3 Å². The van der Waals surface area contributed by atoms with Gasteiger partial charge < -0.3 is 9.73 Å². The number of oxazole rings is 1. The zero-order valence-corrected chi connectivity index (χ0v) is 20.7. The predicted octanol–water partition coefficient (Wildman–Crippen LogP) is 2.22. The second-order valence-corrected chi connectivity index (χ2v) is 12.4. The number of anilines is 2. The van der Waals surface area contributed by atoms with E-state index in [1.54, 1.807) is 6.92 Å². The molecule has 36 heavy (non-hydrogen) atoms. The van der Waals surface area contributed by atoms with Gasteiger partial charge in [-0.25, -0.2) is 17.4 Å². The summed E-state index contributed by atoms with van der Waals surface area (Å²) in [6, 6.07) is 2.72. The number of nitrogens with one attached hydrogen (secondary N) is 2. The Morgan fingerprint density at radius 3 is 2.42 bits per heavy atom. The Bertz CT molecular complexity index is 1360. The summed E-state index contributed by atoms with van der Waals surface area (Å²) in [7, 11) is -7.77. The van der Waals surface area contributed by atoms with E-state index in [0.717, 1.165) is 22.7 Å². The van der Waals surface area contributed by atoms with Crippen molar-refractivity contribution in [1.29, 1.82) is 0 Å². The number of alkyl halides is 3. The van der Waals surface area contributed by atoms with Gasteiger partial charge in [0.2, 0.25) is 10.0 Å². The van der Waals surface area contributed by atoms with Crippen molar-refractivity contribution in [2.45, 2.75) is 37.6 Å². The van der Waals surface area contributed by atoms with Gasteiger partial charge in [-0.05, 0) is 43.9 Å². The molecule has 0 bridgehead atoms. The van der Waals surface area contributed by atoms with Gasteiger partial charge in [-0.1, -0.05) is 6.07 Å². The molecule has 1 aromatic heterocycles. The van der Waals surface area contributed by atoms with Crippen LogP contribution < -0.4 is 10.0 Å². The van der Waals surface area contributed by atoms with Crippen LogP contribution in [0, 0.1) is 6.92 Å². The van der Waals surface area contributed by atoms with Crippen molar-refractivity contribution in [1.82, 2.24) is 18.3 Å². The van der Waals surface area contributed by atoms with Crippen LogP contribution in [-0.4, -0.2) is 67.8 Å². The van der Waals surface area contributed by atoms with Crippen LogP contribution in [0.3, 0.4) is 0 Å². The Labute approximate surface area is 205 Å². The first-order valence-corrected chi connectivity index (χ1v) is 13.9. The minimum atomic E-state index is -4.56. The Balaban J connectivity index is 1.40. The lowest BCUT2D eigenvalue weighted by Gasteiger charge is -2.21. The van der Waals surface area contributed by atoms with Crippen LogP contribution in [-0.2, 0) is 26.4 Å². The maximum atomic E-state index is 13.0. The third-order valence-corrected chi connectivity index (χ3v) is 9.71. The van der Waals surface area contributed by atoms with Gasteiger partial charge >= 0.3 is 16.4 Å². The smallest absolute Gasteiger partial charge is 0.416 e. The number of carbonyl (C=O) groups is 1. The van der Waals surface area contributed by atoms with Gasteiger partial charge in [-0.2, -0.15) is 30.9 Å². The topological polar surface area (TPSA) is 142 Å². The third-order valence-electron chi connectivity index (χ3n) is 5.82. The van der Waals surface area contributed by atoms with Gasteiger partial charge in [0.05, 0.1) is 10.8 Å². The number of carbonyl (C=O) groups excluding carboxylic acids is 1. The number of rotatable bonds is 7. The van der Waals surface area contributed by atoms with E-state index in [1.165, 1.54) is 10.4 Å². The first-order chi connectivity index (χ1) is 16.8. The number of amides is 1. The largest absolute Gasteiger partial charge is 0.431 e. The molecule has 11 nitrogen and oxygen atoms in total. The van der Waals surface area contributed by atoms with Crippen LogP contribution in [0.25, 0.3) is 0 Å². The van der Waals surface area contributed by atoms with Gasteiger partial charge in [-0.3, -0.25) is 4.79 Å². The molecule has 0 radical (unpaired) electrons. The fourth-order valence-corrected chi connectivity index (χ4v) is 6.69. The molecule has 0 spiro atoms. The SMILES string of the molecule is Cc1ccc(C(F)(F)F)cc1Nc1nc(C(=O)NS(=O)(=O)N2CCCN(S(=O)(=O)C3CC3)CC2)co1. The van der Waals surface area contributed by atoms with E-state index >= 15 is 0 Å². The van der Waals surface area contributed by atoms with Crippen LogP contribution in [0.4, 0.5) is 24.9 Å². The van der Waals surface area contributed by atoms with Gasteiger partial charge in [0, 0.05) is 31.9 Å². The Hall–Kier alpha value is -2.69. The molecule has 198 valence electrons. The van der Waals surface area contributed by atoms with Crippen LogP contribution in [0.1, 0.15) is 40.9 Å². The fourth-order valence-electron chi connectivity index (χ4n) is 3.66. The lowest BCUT2D eigenvalue weighted by molar-refractivity contribution is -0.137. The van der Waals surface area contributed by atoms with E-state index in [1.807, 2.05) is 4.72 Å². The molecule has 1 aliphatic heterocycles. The van der Waals surface area contributed by atoms with Gasteiger partial charge in [0.15, 0.2) is 5.69 Å². The van der Waals surface area contributed by atoms with E-state index in [0.29, 0.717) is 18.4 Å². The number of halogens is 3. The zero-order valence-electron chi connectivity index (χ0n) is 19.1. The molecule has 2 fully saturated rings. The zero-order chi connectivity index (χ0) is 26.3. The number of nitrogens with zero attached hydrogens (tertiary/aromatic N) is 3. The van der Waals surface area contributed by atoms with Gasteiger partial charge in [-0.15, -0.1) is 0 Å². The predicted molar refractivity (Wildman–Crippen MR) is 122 cm³/mol. The highest BCUT2D eigenvalue weighted by molar-refractivity contribution is 7.90. The van der Waals surface area contributed by atoms with E-state index in [2.05, 4.69) is 10.3 Å². The lowest BCUT2D eigenvalue weighted by Crippen LogP contribution is -2.45. The molecular formula is C20H24F3N5O6S2. The maximum Gasteiger partial charge on any atom is 0.416 e. The third kappa shape index (κ3) is 5.82. The Morgan fingerprint density at radius 2 is 1.75 bits per heavy atom. The van der Waals surface area contributed by atoms with Crippen molar-refractivity contribution in [3.05, 3.63) is 41.3 Å². The average Bonchev–Trinajstić information content (AvgIpc) is 3.58. The molecule has 0 unspecified atom stereocenters. The molecule has 1 aliphatic carbocycles. The highest BCUT2D eigenvalue weighted by Gasteiger charge is 2.41. The Morgan fingerprint density at radius 1 is 1.08 bits per heavy atom. The lowest BCUT2D eigenvalue weighted by atomic mass is 10.1. The monoisotopic (exact) mass is 551 g/mol. The molecule has 1 aromatic carbocycles. The summed E-state index contributed by atoms with van der Waals surface area (Å²) in [5, 5.41) is 2.14. The summed E-state index contributed by atoms with van der Waals surface area (Å²) < 4.78 is 98.6. The minimum absolute atomic E-state index is 0.0136. The number of hydrogen-bond acceptors (Lipinski definition) is 8. The maximum absolute atomic E-state index is 13.0. The van der Waals surface area contributed by atoms with Crippen molar-refractivity contribution in [3.8, 4) is 0 Å². The summed E-state index contributed by atoms with van der Waals surface area (Å²) in [6.07, 6.45) is -2.25. The standard InChI is InChI=1S/C20H24F3N5O6S2/c1-13-3-4-14(20(21,22)23)11-16(13)24-19-25-17(12-34-19)18(29)26-36(32,33)28-8-2-7-27(9-10-28)35(30,31)15-5-6-15/h3-4,11-12,15H,2,5-10H2,1H3,(H,24,25)(H,26,29). The molecule has 1 saturated heterocycles. The second-order valence-electron chi connectivity index (χ2n) is 8.52. The normalized spacial score (nSPS) is 18.6. The molecule has 1 amide bonds. The van der Waals surface area contributed by atoms with Crippen molar-refractivity contribution >= 4 is 37.8 Å². The van der Waals surface area contributed by atoms with Crippen molar-refractivity contribution < 1.29 is 39.2 Å². The van der Waals surface area contributed by atoms with Crippen LogP contribution in [0.2, 0.25) is 0 Å². The molecule has 2 heterocycles. The number of benzene rings is 1. The van der Waals surface area contributed by atoms with Crippen LogP contribution >= 0.6 is 0 Å². The molecule has 1 saturated carbocycles. The number of sulfonamides is 1. The number of hydrogen-bond donors (Lipinski definition) is 2. The second kappa shape index (κ2) is 9.64. The highest BCUT2D eigenvalue weighted by atomic mass is 32.2. The summed E-state index contributed by atoms with van der Waals surface area (Å²) in [4.78, 5) is 16.3. The van der Waals surface area contributed by atoms with Gasteiger partial charge in [0.25, 0.3) is 11.9 Å². The molecule has 16 heteroatoms. The quantitative estimate of drug-likeness (QED) is 0.534. The van der Waals surface area contributed by atoms with Crippen molar-refractivity contribution in [2.24, 2.45) is 0 Å². The highest BCUT2D eigenvalue weighted by Crippen LogP contribution is 2.33. The molecule has 2 aromatic rings. The summed E-state index contributed by atoms with van der Waals surface area (Å²) >= 11 is 0. The molecular weight excluding hydrogens is 527 g/mol.